The van der Waals surface area contributed by atoms with Crippen molar-refractivity contribution in [2.24, 2.45) is 0 Å². The van der Waals surface area contributed by atoms with Crippen LogP contribution in [0.15, 0.2) is 45.4 Å². The van der Waals surface area contributed by atoms with Crippen LogP contribution in [-0.4, -0.2) is 39.8 Å². The van der Waals surface area contributed by atoms with Gasteiger partial charge in [0.15, 0.2) is 6.29 Å². The number of fused-ring (bicyclic) bond motifs is 2. The summed E-state index contributed by atoms with van der Waals surface area (Å²) in [6.07, 6.45) is 0.765. The molecule has 43 heavy (non-hydrogen) atoms. The van der Waals surface area contributed by atoms with Crippen LogP contribution in [0.1, 0.15) is 71.7 Å². The third-order valence-electron chi connectivity index (χ3n) is 8.50. The summed E-state index contributed by atoms with van der Waals surface area (Å²) in [5, 5.41) is 9.43. The van der Waals surface area contributed by atoms with E-state index in [9.17, 15) is 18.0 Å². The molecule has 2 aliphatic heterocycles. The van der Waals surface area contributed by atoms with Gasteiger partial charge < -0.3 is 18.7 Å². The molecule has 2 aromatic carbocycles. The number of carbonyl (C=O) groups excluding carboxylic acids is 1. The van der Waals surface area contributed by atoms with Gasteiger partial charge in [0.05, 0.1) is 28.3 Å². The van der Waals surface area contributed by atoms with E-state index in [2.05, 4.69) is 20.2 Å². The highest BCUT2D eigenvalue weighted by Gasteiger charge is 2.44. The maximum Gasteiger partial charge on any atom is 0.417 e. The quantitative estimate of drug-likeness (QED) is 0.180. The number of alkyl halides is 3. The number of aromatic nitrogens is 3. The standard InChI is InChI=1S/C30H25Cl2F3N4O4/c31-23-2-1-3-24(32)25(23)26-21(27(42-37-26)15-4-5-15)14-41-20-11-18-8-9-19(12-20)39(18)29-36-28(43-38-29)16-6-7-17(13-40)22(10-16)30(33,34)35/h1-3,6-7,10,13,15,18-20H,4-5,8-9,11-12,14H2. The maximum absolute atomic E-state index is 13.5. The minimum Gasteiger partial charge on any atom is -0.373 e. The number of nitrogens with zero attached hydrogens (tertiary/aromatic N) is 4. The average molecular weight is 633 g/mol. The van der Waals surface area contributed by atoms with E-state index in [-0.39, 0.29) is 35.9 Å². The van der Waals surface area contributed by atoms with Crippen LogP contribution < -0.4 is 4.90 Å². The molecule has 3 fully saturated rings. The van der Waals surface area contributed by atoms with E-state index in [4.69, 9.17) is 37.0 Å². The zero-order chi connectivity index (χ0) is 29.9. The Morgan fingerprint density at radius 3 is 2.37 bits per heavy atom. The van der Waals surface area contributed by atoms with E-state index in [0.29, 0.717) is 39.8 Å². The Kier molecular flexibility index (Phi) is 7.22. The van der Waals surface area contributed by atoms with Gasteiger partial charge in [-0.15, -0.1) is 0 Å². The summed E-state index contributed by atoms with van der Waals surface area (Å²) in [4.78, 5) is 17.6. The van der Waals surface area contributed by atoms with Crippen LogP contribution in [0.25, 0.3) is 22.7 Å². The first-order valence-corrected chi connectivity index (χ1v) is 14.8. The van der Waals surface area contributed by atoms with Gasteiger partial charge in [-0.25, -0.2) is 0 Å². The summed E-state index contributed by atoms with van der Waals surface area (Å²) in [6.45, 7) is 0.307. The first-order valence-electron chi connectivity index (χ1n) is 14.0. The monoisotopic (exact) mass is 632 g/mol. The van der Waals surface area contributed by atoms with Crippen molar-refractivity contribution in [2.45, 2.75) is 75.4 Å². The van der Waals surface area contributed by atoms with Crippen molar-refractivity contribution in [3.63, 3.8) is 0 Å². The minimum absolute atomic E-state index is 0.0399. The normalized spacial score (nSPS) is 21.9. The van der Waals surface area contributed by atoms with Crippen molar-refractivity contribution in [1.29, 1.82) is 0 Å². The molecule has 1 saturated carbocycles. The van der Waals surface area contributed by atoms with Crippen LogP contribution in [0.3, 0.4) is 0 Å². The molecule has 0 amide bonds. The zero-order valence-electron chi connectivity index (χ0n) is 22.6. The number of anilines is 1. The molecule has 3 aliphatic rings. The number of rotatable bonds is 8. The molecule has 2 atom stereocenters. The fourth-order valence-corrected chi connectivity index (χ4v) is 6.89. The first kappa shape index (κ1) is 28.4. The molecule has 2 unspecified atom stereocenters. The summed E-state index contributed by atoms with van der Waals surface area (Å²) in [5.74, 6) is 1.43. The Morgan fingerprint density at radius 1 is 1.00 bits per heavy atom. The smallest absolute Gasteiger partial charge is 0.373 e. The molecular formula is C30H25Cl2F3N4O4. The second-order valence-electron chi connectivity index (χ2n) is 11.3. The molecule has 8 nitrogen and oxygen atoms in total. The van der Waals surface area contributed by atoms with E-state index in [1.807, 2.05) is 0 Å². The van der Waals surface area contributed by atoms with Gasteiger partial charge >= 0.3 is 6.18 Å². The number of carbonyl (C=O) groups is 1. The number of hydrogen-bond donors (Lipinski definition) is 0. The fourth-order valence-electron chi connectivity index (χ4n) is 6.31. The summed E-state index contributed by atoms with van der Waals surface area (Å²) >= 11 is 13.0. The van der Waals surface area contributed by atoms with E-state index >= 15 is 0 Å². The molecule has 4 heterocycles. The van der Waals surface area contributed by atoms with Crippen molar-refractivity contribution in [1.82, 2.24) is 15.3 Å². The molecule has 2 bridgehead atoms. The van der Waals surface area contributed by atoms with Gasteiger partial charge in [-0.2, -0.15) is 18.2 Å². The molecule has 0 spiro atoms. The third-order valence-corrected chi connectivity index (χ3v) is 9.13. The van der Waals surface area contributed by atoms with Gasteiger partial charge in [0, 0.05) is 40.3 Å². The van der Waals surface area contributed by atoms with E-state index in [1.54, 1.807) is 18.2 Å². The van der Waals surface area contributed by atoms with Gasteiger partial charge in [-0.1, -0.05) is 40.5 Å². The average Bonchev–Trinajstić information content (AvgIpc) is 3.45. The van der Waals surface area contributed by atoms with Gasteiger partial charge in [0.2, 0.25) is 0 Å². The summed E-state index contributed by atoms with van der Waals surface area (Å²) in [6, 6.07) is 8.83. The van der Waals surface area contributed by atoms with Crippen LogP contribution in [0.4, 0.5) is 19.1 Å². The second-order valence-corrected chi connectivity index (χ2v) is 12.1. The lowest BCUT2D eigenvalue weighted by Crippen LogP contribution is -2.46. The molecule has 1 aliphatic carbocycles. The SMILES string of the molecule is O=Cc1ccc(-c2nc(N3C4CCC3CC(OCc3c(-c5c(Cl)cccc5Cl)noc3C3CC3)C4)no2)cc1C(F)(F)F. The Hall–Kier alpha value is -3.41. The number of hydrogen-bond acceptors (Lipinski definition) is 8. The molecular weight excluding hydrogens is 608 g/mol. The highest BCUT2D eigenvalue weighted by Crippen LogP contribution is 2.47. The maximum atomic E-state index is 13.5. The number of ether oxygens (including phenoxy) is 1. The second kappa shape index (κ2) is 10.9. The molecule has 2 saturated heterocycles. The fraction of sp³-hybridized carbons (Fsp3) is 0.400. The van der Waals surface area contributed by atoms with Crippen LogP contribution >= 0.6 is 23.2 Å². The lowest BCUT2D eigenvalue weighted by Gasteiger charge is -2.37. The highest BCUT2D eigenvalue weighted by molar-refractivity contribution is 6.39. The molecule has 224 valence electrons. The van der Waals surface area contributed by atoms with Crippen molar-refractivity contribution >= 4 is 35.4 Å². The summed E-state index contributed by atoms with van der Waals surface area (Å²) in [5.41, 5.74) is 0.702. The molecule has 7 rings (SSSR count). The molecule has 4 aromatic rings. The predicted molar refractivity (Wildman–Crippen MR) is 151 cm³/mol. The van der Waals surface area contributed by atoms with Crippen LogP contribution in [-0.2, 0) is 17.5 Å². The van der Waals surface area contributed by atoms with Crippen LogP contribution in [0.5, 0.6) is 0 Å². The van der Waals surface area contributed by atoms with Gasteiger partial charge in [-0.3, -0.25) is 4.79 Å². The lowest BCUT2D eigenvalue weighted by atomic mass is 9.99. The largest absolute Gasteiger partial charge is 0.417 e. The van der Waals surface area contributed by atoms with Gasteiger partial charge in [-0.05, 0) is 67.9 Å². The van der Waals surface area contributed by atoms with Gasteiger partial charge in [0.1, 0.15) is 11.5 Å². The molecule has 0 radical (unpaired) electrons. The highest BCUT2D eigenvalue weighted by atomic mass is 35.5. The van der Waals surface area contributed by atoms with Crippen molar-refractivity contribution in [3.8, 4) is 22.7 Å². The van der Waals surface area contributed by atoms with Crippen LogP contribution in [0, 0.1) is 0 Å². The number of benzene rings is 2. The third kappa shape index (κ3) is 5.32. The Morgan fingerprint density at radius 2 is 1.72 bits per heavy atom. The molecule has 13 heteroatoms. The topological polar surface area (TPSA) is 94.5 Å². The Bertz CT molecular complexity index is 1650. The van der Waals surface area contributed by atoms with E-state index < -0.39 is 17.3 Å². The molecule has 0 N–H and O–H groups in total. The summed E-state index contributed by atoms with van der Waals surface area (Å²) in [7, 11) is 0. The number of aldehydes is 1. The number of halogens is 5. The first-order chi connectivity index (χ1) is 20.7. The zero-order valence-corrected chi connectivity index (χ0v) is 24.1. The Balaban J connectivity index is 1.07. The minimum atomic E-state index is -4.69. The van der Waals surface area contributed by atoms with E-state index in [0.717, 1.165) is 62.0 Å². The number of piperidine rings is 1. The Labute approximate surface area is 254 Å². The predicted octanol–water partition coefficient (Wildman–Crippen LogP) is 8.12. The van der Waals surface area contributed by atoms with Crippen molar-refractivity contribution in [2.75, 3.05) is 4.90 Å². The van der Waals surface area contributed by atoms with Crippen molar-refractivity contribution < 1.29 is 31.7 Å². The van der Waals surface area contributed by atoms with Crippen molar-refractivity contribution in [3.05, 3.63) is 68.9 Å². The summed E-state index contributed by atoms with van der Waals surface area (Å²) < 4.78 is 58.0. The molecule has 2 aromatic heterocycles. The van der Waals surface area contributed by atoms with E-state index in [1.165, 1.54) is 6.07 Å². The van der Waals surface area contributed by atoms with Crippen LogP contribution in [0.2, 0.25) is 10.0 Å². The lowest BCUT2D eigenvalue weighted by molar-refractivity contribution is -0.137. The van der Waals surface area contributed by atoms with Gasteiger partial charge in [0.25, 0.3) is 11.8 Å².